The molecule has 0 bridgehead atoms. The average Bonchev–Trinajstić information content (AvgIpc) is 3.13. The highest BCUT2D eigenvalue weighted by Gasteiger charge is 2.38. The van der Waals surface area contributed by atoms with Crippen LogP contribution in [0.1, 0.15) is 23.7 Å². The van der Waals surface area contributed by atoms with E-state index in [1.807, 2.05) is 44.5 Å². The first kappa shape index (κ1) is 17.7. The van der Waals surface area contributed by atoms with Crippen molar-refractivity contribution in [1.29, 1.82) is 0 Å². The van der Waals surface area contributed by atoms with Gasteiger partial charge in [-0.05, 0) is 30.5 Å². The summed E-state index contributed by atoms with van der Waals surface area (Å²) in [6, 6.07) is 21.0. The predicted octanol–water partition coefficient (Wildman–Crippen LogP) is 5.67. The summed E-state index contributed by atoms with van der Waals surface area (Å²) in [6.07, 6.45) is 12.2. The lowest BCUT2D eigenvalue weighted by Gasteiger charge is -2.38. The zero-order chi connectivity index (χ0) is 18.4. The molecule has 3 rings (SSSR count). The zero-order valence-electron chi connectivity index (χ0n) is 15.3. The molecule has 0 radical (unpaired) electrons. The quantitative estimate of drug-likeness (QED) is 0.528. The number of hydrogen-bond acceptors (Lipinski definition) is 1. The molecule has 0 spiro atoms. The molecule has 1 heterocycles. The number of benzene rings is 2. The molecule has 0 saturated heterocycles. The van der Waals surface area contributed by atoms with Gasteiger partial charge in [0, 0.05) is 6.20 Å². The van der Waals surface area contributed by atoms with Crippen molar-refractivity contribution in [1.82, 2.24) is 9.55 Å². The third-order valence-corrected chi connectivity index (χ3v) is 4.59. The molecular weight excluding hydrogens is 316 g/mol. The zero-order valence-corrected chi connectivity index (χ0v) is 15.3. The lowest BCUT2D eigenvalue weighted by molar-refractivity contribution is 0.513. The van der Waals surface area contributed by atoms with Gasteiger partial charge in [-0.15, -0.1) is 0 Å². The van der Waals surface area contributed by atoms with Gasteiger partial charge in [0.15, 0.2) is 0 Å². The molecule has 0 atom stereocenters. The summed E-state index contributed by atoms with van der Waals surface area (Å²) in [7, 11) is 0. The van der Waals surface area contributed by atoms with Crippen LogP contribution in [0.25, 0.3) is 0 Å². The Labute approximate surface area is 155 Å². The molecule has 0 fully saturated rings. The molecule has 1 aromatic heterocycles. The monoisotopic (exact) mass is 340 g/mol. The van der Waals surface area contributed by atoms with Crippen LogP contribution in [-0.4, -0.2) is 9.55 Å². The lowest BCUT2D eigenvalue weighted by Crippen LogP contribution is -2.37. The molecule has 0 aliphatic rings. The summed E-state index contributed by atoms with van der Waals surface area (Å²) in [6.45, 7) is 8.16. The van der Waals surface area contributed by atoms with Crippen molar-refractivity contribution < 1.29 is 0 Å². The van der Waals surface area contributed by atoms with E-state index in [-0.39, 0.29) is 0 Å². The summed E-state index contributed by atoms with van der Waals surface area (Å²) < 4.78 is 2.18. The Hall–Kier alpha value is -3.13. The Morgan fingerprint density at radius 1 is 1.00 bits per heavy atom. The van der Waals surface area contributed by atoms with Crippen molar-refractivity contribution in [3.63, 3.8) is 0 Å². The van der Waals surface area contributed by atoms with E-state index < -0.39 is 5.54 Å². The number of rotatable bonds is 6. The minimum absolute atomic E-state index is 0.537. The van der Waals surface area contributed by atoms with Crippen LogP contribution in [-0.2, 0) is 5.54 Å². The van der Waals surface area contributed by atoms with Gasteiger partial charge in [-0.2, -0.15) is 0 Å². The van der Waals surface area contributed by atoms with Gasteiger partial charge in [-0.25, -0.2) is 4.98 Å². The van der Waals surface area contributed by atoms with Gasteiger partial charge < -0.3 is 4.57 Å². The van der Waals surface area contributed by atoms with Crippen LogP contribution in [0.2, 0.25) is 0 Å². The Balaban J connectivity index is 2.44. The molecule has 2 aromatic carbocycles. The molecule has 0 saturated carbocycles. The molecule has 26 heavy (non-hydrogen) atoms. The third-order valence-electron chi connectivity index (χ3n) is 4.59. The molecule has 0 amide bonds. The number of hydrogen-bond donors (Lipinski definition) is 0. The molecule has 3 aromatic rings. The average molecular weight is 340 g/mol. The second kappa shape index (κ2) is 7.83. The summed E-state index contributed by atoms with van der Waals surface area (Å²) in [5.74, 6) is 0. The van der Waals surface area contributed by atoms with Crippen LogP contribution < -0.4 is 0 Å². The summed E-state index contributed by atoms with van der Waals surface area (Å²) in [4.78, 5) is 4.51. The van der Waals surface area contributed by atoms with Crippen molar-refractivity contribution in [2.24, 2.45) is 0 Å². The minimum Gasteiger partial charge on any atom is -0.319 e. The first-order valence-corrected chi connectivity index (χ1v) is 8.81. The highest BCUT2D eigenvalue weighted by molar-refractivity contribution is 5.53. The predicted molar refractivity (Wildman–Crippen MR) is 109 cm³/mol. The van der Waals surface area contributed by atoms with Crippen molar-refractivity contribution in [3.05, 3.63) is 126 Å². The molecule has 0 aliphatic carbocycles. The van der Waals surface area contributed by atoms with E-state index in [1.54, 1.807) is 0 Å². The first-order valence-electron chi connectivity index (χ1n) is 8.81. The second-order valence-electron chi connectivity index (χ2n) is 6.22. The van der Waals surface area contributed by atoms with E-state index >= 15 is 0 Å². The maximum Gasteiger partial charge on any atom is 0.121 e. The summed E-state index contributed by atoms with van der Waals surface area (Å²) in [5.41, 5.74) is 3.87. The van der Waals surface area contributed by atoms with Crippen molar-refractivity contribution in [3.8, 4) is 0 Å². The van der Waals surface area contributed by atoms with Crippen LogP contribution >= 0.6 is 0 Å². The molecule has 0 N–H and O–H groups in total. The van der Waals surface area contributed by atoms with Crippen LogP contribution in [0.5, 0.6) is 0 Å². The van der Waals surface area contributed by atoms with E-state index in [2.05, 4.69) is 83.0 Å². The van der Waals surface area contributed by atoms with Crippen molar-refractivity contribution in [2.75, 3.05) is 0 Å². The first-order chi connectivity index (χ1) is 12.7. The van der Waals surface area contributed by atoms with Gasteiger partial charge >= 0.3 is 0 Å². The normalized spacial score (nSPS) is 12.5. The fourth-order valence-electron chi connectivity index (χ4n) is 3.45. The van der Waals surface area contributed by atoms with Gasteiger partial charge in [0.05, 0.1) is 12.0 Å². The van der Waals surface area contributed by atoms with Gasteiger partial charge in [0.2, 0.25) is 0 Å². The topological polar surface area (TPSA) is 17.8 Å². The van der Waals surface area contributed by atoms with E-state index in [1.165, 1.54) is 11.1 Å². The second-order valence-corrected chi connectivity index (χ2v) is 6.22. The standard InChI is InChI=1S/C24H24N2/c1-4-6-13-21(5-2)24(22-14-9-7-10-15-22,23-16-11-8-12-17-23)26-18-20(3)25-19-26/h4-19H,2H2,1,3H3/b6-4-,21-13+. The smallest absolute Gasteiger partial charge is 0.121 e. The summed E-state index contributed by atoms with van der Waals surface area (Å²) in [5, 5.41) is 0. The summed E-state index contributed by atoms with van der Waals surface area (Å²) >= 11 is 0. The van der Waals surface area contributed by atoms with Crippen LogP contribution in [0.4, 0.5) is 0 Å². The Kier molecular flexibility index (Phi) is 5.33. The SMILES string of the molecule is C=C/C(=C\C=C/C)C(c1ccccc1)(c1ccccc1)n1cnc(C)c1. The fourth-order valence-corrected chi connectivity index (χ4v) is 3.45. The van der Waals surface area contributed by atoms with Crippen molar-refractivity contribution >= 4 is 0 Å². The Morgan fingerprint density at radius 3 is 2.00 bits per heavy atom. The van der Waals surface area contributed by atoms with Crippen LogP contribution in [0.15, 0.2) is 110 Å². The number of aromatic nitrogens is 2. The Bertz CT molecular complexity index is 876. The fraction of sp³-hybridized carbons (Fsp3) is 0.125. The molecule has 0 unspecified atom stereocenters. The minimum atomic E-state index is -0.537. The van der Waals surface area contributed by atoms with Crippen LogP contribution in [0.3, 0.4) is 0 Å². The highest BCUT2D eigenvalue weighted by Crippen LogP contribution is 2.41. The van der Waals surface area contributed by atoms with E-state index in [9.17, 15) is 0 Å². The van der Waals surface area contributed by atoms with E-state index in [0.717, 1.165) is 11.3 Å². The third kappa shape index (κ3) is 3.06. The number of nitrogens with zero attached hydrogens (tertiary/aromatic N) is 2. The number of imidazole rings is 1. The lowest BCUT2D eigenvalue weighted by atomic mass is 9.76. The number of allylic oxidation sites excluding steroid dienone is 5. The maximum atomic E-state index is 4.51. The van der Waals surface area contributed by atoms with Crippen molar-refractivity contribution in [2.45, 2.75) is 19.4 Å². The molecule has 130 valence electrons. The van der Waals surface area contributed by atoms with E-state index in [0.29, 0.717) is 0 Å². The molecular formula is C24H24N2. The van der Waals surface area contributed by atoms with Crippen LogP contribution in [0, 0.1) is 6.92 Å². The Morgan fingerprint density at radius 2 is 1.58 bits per heavy atom. The van der Waals surface area contributed by atoms with Gasteiger partial charge in [0.25, 0.3) is 0 Å². The van der Waals surface area contributed by atoms with Gasteiger partial charge in [-0.3, -0.25) is 0 Å². The van der Waals surface area contributed by atoms with Gasteiger partial charge in [0.1, 0.15) is 5.54 Å². The highest BCUT2D eigenvalue weighted by atomic mass is 15.1. The largest absolute Gasteiger partial charge is 0.319 e. The molecule has 2 nitrogen and oxygen atoms in total. The molecule has 0 aliphatic heterocycles. The van der Waals surface area contributed by atoms with Gasteiger partial charge in [-0.1, -0.05) is 91.5 Å². The van der Waals surface area contributed by atoms with E-state index in [4.69, 9.17) is 0 Å². The molecule has 2 heteroatoms. The number of aryl methyl sites for hydroxylation is 1. The maximum absolute atomic E-state index is 4.51.